The molecule has 9 heteroatoms. The van der Waals surface area contributed by atoms with E-state index in [9.17, 15) is 18.3 Å². The molecular formula is C19H22N2O6S. The van der Waals surface area contributed by atoms with Crippen LogP contribution in [0.5, 0.6) is 11.5 Å². The minimum Gasteiger partial charge on any atom is -0.507 e. The summed E-state index contributed by atoms with van der Waals surface area (Å²) in [6, 6.07) is 10.6. The molecule has 8 nitrogen and oxygen atoms in total. The molecule has 28 heavy (non-hydrogen) atoms. The molecule has 1 unspecified atom stereocenters. The van der Waals surface area contributed by atoms with Crippen molar-refractivity contribution in [3.8, 4) is 11.5 Å². The third kappa shape index (κ3) is 3.63. The monoisotopic (exact) mass is 406 g/mol. The summed E-state index contributed by atoms with van der Waals surface area (Å²) in [5.41, 5.74) is 1.34. The zero-order chi connectivity index (χ0) is 20.5. The minimum atomic E-state index is -3.99. The normalized spacial score (nSPS) is 15.6. The van der Waals surface area contributed by atoms with Gasteiger partial charge >= 0.3 is 6.09 Å². The van der Waals surface area contributed by atoms with Crippen molar-refractivity contribution in [3.63, 3.8) is 0 Å². The molecule has 0 bridgehead atoms. The number of anilines is 1. The number of hydrogen-bond donors (Lipinski definition) is 1. The van der Waals surface area contributed by atoms with E-state index in [0.29, 0.717) is 30.2 Å². The average molecular weight is 406 g/mol. The second-order valence-electron chi connectivity index (χ2n) is 6.39. The number of methoxy groups -OCH3 is 1. The van der Waals surface area contributed by atoms with Crippen LogP contribution in [0.2, 0.25) is 0 Å². The third-order valence-corrected chi connectivity index (χ3v) is 6.75. The standard InChI is InChI=1S/C19H22N2O6S/c1-13(14-5-4-6-15(11-14)21-9-10-27-19(21)23)20(2)28(24,25)18-12-16(26-3)7-8-17(18)22/h4-8,11-13,22H,9-10H2,1-3H3. The van der Waals surface area contributed by atoms with Crippen molar-refractivity contribution in [2.75, 3.05) is 32.2 Å². The van der Waals surface area contributed by atoms with E-state index < -0.39 is 22.2 Å². The lowest BCUT2D eigenvalue weighted by Gasteiger charge is -2.26. The van der Waals surface area contributed by atoms with Gasteiger partial charge in [0.15, 0.2) is 0 Å². The van der Waals surface area contributed by atoms with Gasteiger partial charge in [-0.3, -0.25) is 4.90 Å². The number of ether oxygens (including phenoxy) is 2. The first-order valence-corrected chi connectivity index (χ1v) is 10.1. The Morgan fingerprint density at radius 3 is 2.64 bits per heavy atom. The maximum atomic E-state index is 13.1. The molecule has 150 valence electrons. The molecular weight excluding hydrogens is 384 g/mol. The van der Waals surface area contributed by atoms with E-state index in [0.717, 1.165) is 0 Å². The molecule has 0 aliphatic carbocycles. The zero-order valence-electron chi connectivity index (χ0n) is 15.8. The summed E-state index contributed by atoms with van der Waals surface area (Å²) < 4.78 is 37.3. The highest BCUT2D eigenvalue weighted by Crippen LogP contribution is 2.34. The van der Waals surface area contributed by atoms with Crippen LogP contribution >= 0.6 is 0 Å². The molecule has 2 aromatic carbocycles. The van der Waals surface area contributed by atoms with Crippen LogP contribution in [0.15, 0.2) is 47.4 Å². The summed E-state index contributed by atoms with van der Waals surface area (Å²) in [5, 5.41) is 10.1. The molecule has 1 fully saturated rings. The number of hydrogen-bond acceptors (Lipinski definition) is 6. The molecule has 1 aliphatic rings. The highest BCUT2D eigenvalue weighted by molar-refractivity contribution is 7.89. The zero-order valence-corrected chi connectivity index (χ0v) is 16.6. The second-order valence-corrected chi connectivity index (χ2v) is 8.36. The predicted octanol–water partition coefficient (Wildman–Crippen LogP) is 2.74. The van der Waals surface area contributed by atoms with Crippen molar-refractivity contribution in [1.29, 1.82) is 0 Å². The van der Waals surface area contributed by atoms with Crippen molar-refractivity contribution in [2.45, 2.75) is 17.9 Å². The van der Waals surface area contributed by atoms with Crippen LogP contribution in [0.25, 0.3) is 0 Å². The van der Waals surface area contributed by atoms with Crippen LogP contribution in [0, 0.1) is 0 Å². The van der Waals surface area contributed by atoms with E-state index in [2.05, 4.69) is 0 Å². The third-order valence-electron chi connectivity index (χ3n) is 4.79. The number of aromatic hydroxyl groups is 1. The van der Waals surface area contributed by atoms with Gasteiger partial charge in [-0.1, -0.05) is 12.1 Å². The summed E-state index contributed by atoms with van der Waals surface area (Å²) in [4.78, 5) is 13.1. The van der Waals surface area contributed by atoms with Crippen LogP contribution in [0.3, 0.4) is 0 Å². The molecule has 0 radical (unpaired) electrons. The topological polar surface area (TPSA) is 96.4 Å². The van der Waals surface area contributed by atoms with Gasteiger partial charge in [-0.15, -0.1) is 0 Å². The number of sulfonamides is 1. The molecule has 1 amide bonds. The molecule has 0 aromatic heterocycles. The minimum absolute atomic E-state index is 0.236. The first-order valence-electron chi connectivity index (χ1n) is 8.65. The van der Waals surface area contributed by atoms with Crippen LogP contribution in [0.1, 0.15) is 18.5 Å². The molecule has 0 saturated carbocycles. The molecule has 1 aliphatic heterocycles. The number of phenolic OH excluding ortho intramolecular Hbond substituents is 1. The van der Waals surface area contributed by atoms with Gasteiger partial charge in [0.25, 0.3) is 0 Å². The lowest BCUT2D eigenvalue weighted by molar-refractivity contribution is 0.181. The summed E-state index contributed by atoms with van der Waals surface area (Å²) in [7, 11) is -1.13. The summed E-state index contributed by atoms with van der Waals surface area (Å²) in [6.45, 7) is 2.50. The lowest BCUT2D eigenvalue weighted by atomic mass is 10.1. The van der Waals surface area contributed by atoms with E-state index >= 15 is 0 Å². The molecule has 2 aromatic rings. The Kier molecular flexibility index (Phi) is 5.48. The fourth-order valence-corrected chi connectivity index (χ4v) is 4.43. The maximum Gasteiger partial charge on any atom is 0.414 e. The maximum absolute atomic E-state index is 13.1. The molecule has 1 atom stereocenters. The van der Waals surface area contributed by atoms with E-state index in [1.165, 1.54) is 41.6 Å². The Morgan fingerprint density at radius 2 is 2.00 bits per heavy atom. The molecule has 1 N–H and O–H groups in total. The first-order chi connectivity index (χ1) is 13.3. The van der Waals surface area contributed by atoms with E-state index in [-0.39, 0.29) is 10.6 Å². The van der Waals surface area contributed by atoms with Gasteiger partial charge in [-0.2, -0.15) is 4.31 Å². The molecule has 3 rings (SSSR count). The Bertz CT molecular complexity index is 992. The number of phenols is 1. The Labute approximate surface area is 164 Å². The Hall–Kier alpha value is -2.78. The van der Waals surface area contributed by atoms with E-state index in [1.807, 2.05) is 0 Å². The number of amides is 1. The van der Waals surface area contributed by atoms with Crippen molar-refractivity contribution >= 4 is 21.8 Å². The van der Waals surface area contributed by atoms with Crippen LogP contribution in [0.4, 0.5) is 10.5 Å². The SMILES string of the molecule is COc1ccc(O)c(S(=O)(=O)N(C)C(C)c2cccc(N3CCOC3=O)c2)c1. The highest BCUT2D eigenvalue weighted by atomic mass is 32.2. The Balaban J connectivity index is 1.92. The molecule has 1 saturated heterocycles. The summed E-state index contributed by atoms with van der Waals surface area (Å²) in [6.07, 6.45) is -0.424. The van der Waals surface area contributed by atoms with Crippen LogP contribution < -0.4 is 9.64 Å². The molecule has 0 spiro atoms. The summed E-state index contributed by atoms with van der Waals surface area (Å²) >= 11 is 0. The first kappa shape index (κ1) is 20.0. The van der Waals surface area contributed by atoms with Gasteiger partial charge in [0.2, 0.25) is 10.0 Å². The van der Waals surface area contributed by atoms with Gasteiger partial charge in [-0.25, -0.2) is 13.2 Å². The smallest absolute Gasteiger partial charge is 0.414 e. The van der Waals surface area contributed by atoms with Crippen LogP contribution in [-0.4, -0.2) is 51.2 Å². The average Bonchev–Trinajstić information content (AvgIpc) is 3.13. The number of nitrogens with zero attached hydrogens (tertiary/aromatic N) is 2. The van der Waals surface area contributed by atoms with Gasteiger partial charge in [0, 0.05) is 24.8 Å². The second kappa shape index (κ2) is 7.69. The van der Waals surface area contributed by atoms with Gasteiger partial charge in [0.05, 0.1) is 13.7 Å². The molecule has 1 heterocycles. The highest BCUT2D eigenvalue weighted by Gasteiger charge is 2.30. The number of cyclic esters (lactones) is 1. The van der Waals surface area contributed by atoms with Gasteiger partial charge in [0.1, 0.15) is 23.0 Å². The van der Waals surface area contributed by atoms with Gasteiger partial charge in [-0.05, 0) is 36.8 Å². The number of carbonyl (C=O) groups excluding carboxylic acids is 1. The van der Waals surface area contributed by atoms with E-state index in [1.54, 1.807) is 31.2 Å². The number of rotatable bonds is 6. The summed E-state index contributed by atoms with van der Waals surface area (Å²) in [5.74, 6) is -0.0274. The van der Waals surface area contributed by atoms with Crippen molar-refractivity contribution in [2.24, 2.45) is 0 Å². The largest absolute Gasteiger partial charge is 0.507 e. The van der Waals surface area contributed by atoms with Crippen molar-refractivity contribution < 1.29 is 27.8 Å². The quantitative estimate of drug-likeness (QED) is 0.792. The van der Waals surface area contributed by atoms with Crippen molar-refractivity contribution in [3.05, 3.63) is 48.0 Å². The van der Waals surface area contributed by atoms with Gasteiger partial charge < -0.3 is 14.6 Å². The van der Waals surface area contributed by atoms with Crippen molar-refractivity contribution in [1.82, 2.24) is 4.31 Å². The fourth-order valence-electron chi connectivity index (χ4n) is 2.98. The fraction of sp³-hybridized carbons (Fsp3) is 0.316. The Morgan fingerprint density at radius 1 is 1.25 bits per heavy atom. The van der Waals surface area contributed by atoms with Crippen LogP contribution in [-0.2, 0) is 14.8 Å². The number of carbonyl (C=O) groups is 1. The lowest BCUT2D eigenvalue weighted by Crippen LogP contribution is -2.30. The number of benzene rings is 2. The van der Waals surface area contributed by atoms with E-state index in [4.69, 9.17) is 9.47 Å². The predicted molar refractivity (Wildman–Crippen MR) is 103 cm³/mol.